The molecular formula is C13H21ClN2OS. The van der Waals surface area contributed by atoms with Gasteiger partial charge in [0.2, 0.25) is 5.91 Å². The molecule has 0 aliphatic carbocycles. The van der Waals surface area contributed by atoms with Crippen LogP contribution in [0, 0.1) is 5.92 Å². The van der Waals surface area contributed by atoms with Crippen molar-refractivity contribution >= 4 is 28.8 Å². The van der Waals surface area contributed by atoms with Crippen molar-refractivity contribution in [3.8, 4) is 0 Å². The van der Waals surface area contributed by atoms with Crippen LogP contribution in [0.15, 0.2) is 12.1 Å². The topological polar surface area (TPSA) is 46.3 Å². The molecule has 0 saturated heterocycles. The predicted octanol–water partition coefficient (Wildman–Crippen LogP) is 3.13. The summed E-state index contributed by atoms with van der Waals surface area (Å²) < 4.78 is 0.769. The van der Waals surface area contributed by atoms with Crippen molar-refractivity contribution in [3.63, 3.8) is 0 Å². The Bertz CT molecular complexity index is 381. The molecule has 1 amide bonds. The molecule has 1 rings (SSSR count). The van der Waals surface area contributed by atoms with Crippen LogP contribution in [0.4, 0.5) is 0 Å². The molecular weight excluding hydrogens is 268 g/mol. The molecule has 1 unspecified atom stereocenters. The lowest BCUT2D eigenvalue weighted by Crippen LogP contribution is -2.30. The number of rotatable bonds is 7. The number of carbonyl (C=O) groups excluding carboxylic acids is 1. The second kappa shape index (κ2) is 7.77. The maximum Gasteiger partial charge on any atom is 0.222 e. The average Bonchev–Trinajstić information content (AvgIpc) is 2.78. The number of carbonyl (C=O) groups is 1. The molecule has 2 N–H and O–H groups in total. The number of hydrogen-bond acceptors (Lipinski definition) is 3. The van der Waals surface area contributed by atoms with Gasteiger partial charge in [-0.1, -0.05) is 18.5 Å². The number of halogens is 1. The van der Waals surface area contributed by atoms with Crippen molar-refractivity contribution in [2.75, 3.05) is 13.1 Å². The Morgan fingerprint density at radius 2 is 2.28 bits per heavy atom. The van der Waals surface area contributed by atoms with E-state index in [9.17, 15) is 4.79 Å². The molecule has 5 heteroatoms. The average molecular weight is 289 g/mol. The second-order valence-corrected chi connectivity index (χ2v) is 6.29. The van der Waals surface area contributed by atoms with Gasteiger partial charge in [0, 0.05) is 17.8 Å². The van der Waals surface area contributed by atoms with Gasteiger partial charge in [0.05, 0.1) is 10.9 Å². The molecule has 0 aliphatic heterocycles. The van der Waals surface area contributed by atoms with Crippen LogP contribution < -0.4 is 5.73 Å². The van der Waals surface area contributed by atoms with Gasteiger partial charge in [-0.25, -0.2) is 0 Å². The van der Waals surface area contributed by atoms with Crippen molar-refractivity contribution in [1.29, 1.82) is 0 Å². The van der Waals surface area contributed by atoms with E-state index in [2.05, 4.69) is 6.92 Å². The summed E-state index contributed by atoms with van der Waals surface area (Å²) in [4.78, 5) is 15.1. The highest BCUT2D eigenvalue weighted by atomic mass is 35.5. The van der Waals surface area contributed by atoms with E-state index in [0.29, 0.717) is 25.4 Å². The zero-order chi connectivity index (χ0) is 13.5. The van der Waals surface area contributed by atoms with Crippen LogP contribution in [0.5, 0.6) is 0 Å². The Kier molecular flexibility index (Phi) is 6.68. The Hall–Kier alpha value is -0.580. The van der Waals surface area contributed by atoms with Gasteiger partial charge in [0.1, 0.15) is 0 Å². The van der Waals surface area contributed by atoms with E-state index in [-0.39, 0.29) is 5.91 Å². The highest BCUT2D eigenvalue weighted by molar-refractivity contribution is 7.16. The van der Waals surface area contributed by atoms with Crippen LogP contribution in [-0.4, -0.2) is 23.9 Å². The second-order valence-electron chi connectivity index (χ2n) is 4.49. The smallest absolute Gasteiger partial charge is 0.222 e. The van der Waals surface area contributed by atoms with Crippen LogP contribution in [0.25, 0.3) is 0 Å². The fourth-order valence-corrected chi connectivity index (χ4v) is 2.75. The van der Waals surface area contributed by atoms with Crippen LogP contribution in [-0.2, 0) is 11.3 Å². The molecule has 18 heavy (non-hydrogen) atoms. The molecule has 0 fully saturated rings. The minimum Gasteiger partial charge on any atom is -0.338 e. The van der Waals surface area contributed by atoms with Crippen LogP contribution in [0.1, 0.15) is 31.6 Å². The fraction of sp³-hybridized carbons (Fsp3) is 0.615. The molecule has 0 aliphatic rings. The third-order valence-electron chi connectivity index (χ3n) is 2.96. The van der Waals surface area contributed by atoms with Gasteiger partial charge in [-0.05, 0) is 37.9 Å². The van der Waals surface area contributed by atoms with E-state index < -0.39 is 0 Å². The molecule has 0 saturated carbocycles. The molecule has 3 nitrogen and oxygen atoms in total. The minimum absolute atomic E-state index is 0.197. The maximum atomic E-state index is 12.1. The number of nitrogens with zero attached hydrogens (tertiary/aromatic N) is 1. The van der Waals surface area contributed by atoms with Crippen molar-refractivity contribution in [2.24, 2.45) is 11.7 Å². The number of amides is 1. The molecule has 102 valence electrons. The van der Waals surface area contributed by atoms with E-state index in [0.717, 1.165) is 22.2 Å². The Morgan fingerprint density at radius 1 is 1.56 bits per heavy atom. The highest BCUT2D eigenvalue weighted by Gasteiger charge is 2.14. The zero-order valence-electron chi connectivity index (χ0n) is 11.0. The lowest BCUT2D eigenvalue weighted by molar-refractivity contribution is -0.131. The van der Waals surface area contributed by atoms with Crippen LogP contribution in [0.3, 0.4) is 0 Å². The Balaban J connectivity index is 2.47. The van der Waals surface area contributed by atoms with Gasteiger partial charge in [-0.2, -0.15) is 0 Å². The quantitative estimate of drug-likeness (QED) is 0.838. The summed E-state index contributed by atoms with van der Waals surface area (Å²) in [6, 6.07) is 3.85. The largest absolute Gasteiger partial charge is 0.338 e. The van der Waals surface area contributed by atoms with E-state index in [1.165, 1.54) is 11.3 Å². The molecule has 1 aromatic rings. The molecule has 0 aromatic carbocycles. The maximum absolute atomic E-state index is 12.1. The highest BCUT2D eigenvalue weighted by Crippen LogP contribution is 2.23. The predicted molar refractivity (Wildman–Crippen MR) is 77.9 cm³/mol. The third kappa shape index (κ3) is 4.96. The Morgan fingerprint density at radius 3 is 2.78 bits per heavy atom. The van der Waals surface area contributed by atoms with Crippen molar-refractivity contribution in [1.82, 2.24) is 4.90 Å². The minimum atomic E-state index is 0.197. The third-order valence-corrected chi connectivity index (χ3v) is 4.18. The van der Waals surface area contributed by atoms with E-state index >= 15 is 0 Å². The molecule has 1 atom stereocenters. The van der Waals surface area contributed by atoms with Crippen molar-refractivity contribution < 1.29 is 4.79 Å². The van der Waals surface area contributed by atoms with Crippen molar-refractivity contribution in [3.05, 3.63) is 21.3 Å². The molecule has 1 aromatic heterocycles. The number of hydrogen-bond donors (Lipinski definition) is 1. The summed E-state index contributed by atoms with van der Waals surface area (Å²) in [6.07, 6.45) is 1.43. The first-order valence-electron chi connectivity index (χ1n) is 6.28. The van der Waals surface area contributed by atoms with Gasteiger partial charge < -0.3 is 10.6 Å². The summed E-state index contributed by atoms with van der Waals surface area (Å²) in [5.74, 6) is 0.603. The van der Waals surface area contributed by atoms with Gasteiger partial charge in [-0.15, -0.1) is 11.3 Å². The van der Waals surface area contributed by atoms with Gasteiger partial charge >= 0.3 is 0 Å². The lowest BCUT2D eigenvalue weighted by Gasteiger charge is -2.21. The van der Waals surface area contributed by atoms with Crippen LogP contribution >= 0.6 is 22.9 Å². The first-order valence-corrected chi connectivity index (χ1v) is 7.48. The van der Waals surface area contributed by atoms with Gasteiger partial charge in [0.15, 0.2) is 0 Å². The van der Waals surface area contributed by atoms with E-state index in [1.54, 1.807) is 0 Å². The summed E-state index contributed by atoms with van der Waals surface area (Å²) in [7, 11) is 0. The SMILES string of the molecule is CCN(Cc1ccc(Cl)s1)C(=O)CCC(C)CN. The monoisotopic (exact) mass is 288 g/mol. The van der Waals surface area contributed by atoms with Crippen molar-refractivity contribution in [2.45, 2.75) is 33.2 Å². The number of thiophene rings is 1. The molecule has 1 heterocycles. The first kappa shape index (κ1) is 15.5. The number of nitrogens with two attached hydrogens (primary N) is 1. The summed E-state index contributed by atoms with van der Waals surface area (Å²) in [6.45, 7) is 6.09. The summed E-state index contributed by atoms with van der Waals surface area (Å²) >= 11 is 7.42. The Labute approximate surface area is 118 Å². The standard InChI is InChI=1S/C13H21ClN2OS/c1-3-16(9-11-5-6-12(14)18-11)13(17)7-4-10(2)8-15/h5-6,10H,3-4,7-9,15H2,1-2H3. The molecule has 0 bridgehead atoms. The van der Waals surface area contributed by atoms with Gasteiger partial charge in [-0.3, -0.25) is 4.79 Å². The summed E-state index contributed by atoms with van der Waals surface area (Å²) in [5.41, 5.74) is 5.56. The zero-order valence-corrected chi connectivity index (χ0v) is 12.6. The molecule has 0 spiro atoms. The molecule has 0 radical (unpaired) electrons. The fourth-order valence-electron chi connectivity index (χ4n) is 1.65. The van der Waals surface area contributed by atoms with E-state index in [4.69, 9.17) is 17.3 Å². The normalized spacial score (nSPS) is 12.4. The first-order chi connectivity index (χ1) is 8.56. The van der Waals surface area contributed by atoms with E-state index in [1.807, 2.05) is 24.0 Å². The van der Waals surface area contributed by atoms with Gasteiger partial charge in [0.25, 0.3) is 0 Å². The summed E-state index contributed by atoms with van der Waals surface area (Å²) in [5, 5.41) is 0. The van der Waals surface area contributed by atoms with Crippen LogP contribution in [0.2, 0.25) is 4.34 Å². The lowest BCUT2D eigenvalue weighted by atomic mass is 10.1.